The second kappa shape index (κ2) is 21.5. The molecule has 0 N–H and O–H groups in total. The van der Waals surface area contributed by atoms with Gasteiger partial charge in [-0.3, -0.25) is 24.0 Å². The molecule has 0 radical (unpaired) electrons. The summed E-state index contributed by atoms with van der Waals surface area (Å²) in [6.07, 6.45) is -0.630. The average Bonchev–Trinajstić information content (AvgIpc) is 2.86. The molecule has 0 saturated carbocycles. The van der Waals surface area contributed by atoms with E-state index in [1.54, 1.807) is 45.7 Å². The van der Waals surface area contributed by atoms with Crippen LogP contribution in [0, 0.1) is 0 Å². The SMILES string of the molecule is COCCOCCOC(OCCOCCOC)(OCCOCCOC)OC(=O)Cc1ccccn1. The molecule has 12 nitrogen and oxygen atoms in total. The van der Waals surface area contributed by atoms with Gasteiger partial charge in [0, 0.05) is 27.5 Å². The molecule has 1 heterocycles. The Hall–Kier alpha value is -1.74. The molecule has 0 aliphatic carbocycles. The zero-order chi connectivity index (χ0) is 25.5. The fourth-order valence-electron chi connectivity index (χ4n) is 2.45. The Balaban J connectivity index is 2.77. The van der Waals surface area contributed by atoms with E-state index < -0.39 is 12.1 Å². The number of nitrogens with zero attached hydrogens (tertiary/aromatic N) is 1. The molecule has 1 rings (SSSR count). The molecule has 0 spiro atoms. The highest BCUT2D eigenvalue weighted by molar-refractivity contribution is 5.72. The van der Waals surface area contributed by atoms with E-state index in [9.17, 15) is 4.79 Å². The quantitative estimate of drug-likeness (QED) is 0.112. The predicted molar refractivity (Wildman–Crippen MR) is 123 cm³/mol. The number of pyridine rings is 1. The molecule has 0 unspecified atom stereocenters. The van der Waals surface area contributed by atoms with Crippen molar-refractivity contribution in [1.82, 2.24) is 4.98 Å². The number of methoxy groups -OCH3 is 3. The molecule has 0 aromatic carbocycles. The van der Waals surface area contributed by atoms with Crippen LogP contribution < -0.4 is 0 Å². The van der Waals surface area contributed by atoms with Gasteiger partial charge < -0.3 is 33.2 Å². The summed E-state index contributed by atoms with van der Waals surface area (Å²) in [5, 5.41) is 0. The lowest BCUT2D eigenvalue weighted by atomic mass is 10.3. The lowest BCUT2D eigenvalue weighted by molar-refractivity contribution is -0.485. The first-order chi connectivity index (χ1) is 17.2. The molecule has 1 aromatic rings. The third kappa shape index (κ3) is 16.5. The molecule has 12 heteroatoms. The number of hydrogen-bond donors (Lipinski definition) is 0. The molecule has 0 saturated heterocycles. The molecule has 35 heavy (non-hydrogen) atoms. The van der Waals surface area contributed by atoms with Gasteiger partial charge in [0.1, 0.15) is 0 Å². The van der Waals surface area contributed by atoms with E-state index in [-0.39, 0.29) is 46.1 Å². The number of carbonyl (C=O) groups is 1. The Morgan fingerprint density at radius 1 is 0.686 bits per heavy atom. The van der Waals surface area contributed by atoms with Crippen molar-refractivity contribution in [2.24, 2.45) is 0 Å². The van der Waals surface area contributed by atoms with Gasteiger partial charge in [0.25, 0.3) is 0 Å². The van der Waals surface area contributed by atoms with Crippen molar-refractivity contribution in [3.05, 3.63) is 30.1 Å². The normalized spacial score (nSPS) is 11.6. The average molecular weight is 506 g/mol. The second-order valence-corrected chi connectivity index (χ2v) is 6.83. The van der Waals surface area contributed by atoms with Crippen LogP contribution in [0.15, 0.2) is 24.4 Å². The topological polar surface area (TPSA) is 122 Å². The van der Waals surface area contributed by atoms with E-state index in [2.05, 4.69) is 4.98 Å². The first-order valence-corrected chi connectivity index (χ1v) is 11.4. The van der Waals surface area contributed by atoms with Gasteiger partial charge in [-0.1, -0.05) is 6.07 Å². The van der Waals surface area contributed by atoms with Gasteiger partial charge >= 0.3 is 12.1 Å². The van der Waals surface area contributed by atoms with Crippen LogP contribution in [0.3, 0.4) is 0 Å². The zero-order valence-corrected chi connectivity index (χ0v) is 20.9. The smallest absolute Gasteiger partial charge is 0.384 e. The fraction of sp³-hybridized carbons (Fsp3) is 0.739. The van der Waals surface area contributed by atoms with E-state index in [1.807, 2.05) is 0 Å². The summed E-state index contributed by atoms with van der Waals surface area (Å²) in [6.45, 7) is 3.14. The van der Waals surface area contributed by atoms with Gasteiger partial charge in [-0.15, -0.1) is 0 Å². The molecule has 202 valence electrons. The van der Waals surface area contributed by atoms with Gasteiger partial charge in [0.05, 0.1) is 91.4 Å². The lowest BCUT2D eigenvalue weighted by Gasteiger charge is -2.31. The number of esters is 1. The van der Waals surface area contributed by atoms with Crippen molar-refractivity contribution >= 4 is 5.97 Å². The van der Waals surface area contributed by atoms with E-state index in [4.69, 9.17) is 47.4 Å². The Kier molecular flexibility index (Phi) is 19.3. The van der Waals surface area contributed by atoms with Crippen LogP contribution in [0.2, 0.25) is 0 Å². The standard InChI is InChI=1S/C23H39NO11/c1-26-8-11-29-14-17-32-23(33-18-15-30-12-9-27-2,34-19-16-31-13-10-28-3)35-22(25)20-21-6-4-5-7-24-21/h4-7H,8-20H2,1-3H3. The molecular formula is C23H39NO11. The monoisotopic (exact) mass is 505 g/mol. The van der Waals surface area contributed by atoms with E-state index in [1.165, 1.54) is 0 Å². The Labute approximate surface area is 207 Å². The summed E-state index contributed by atoms with van der Waals surface area (Å²) in [5.74, 6) is -0.649. The second-order valence-electron chi connectivity index (χ2n) is 6.83. The van der Waals surface area contributed by atoms with Gasteiger partial charge in [-0.25, -0.2) is 0 Å². The van der Waals surface area contributed by atoms with E-state index >= 15 is 0 Å². The molecule has 0 amide bonds. The fourth-order valence-corrected chi connectivity index (χ4v) is 2.45. The Morgan fingerprint density at radius 3 is 1.54 bits per heavy atom. The van der Waals surface area contributed by atoms with Gasteiger partial charge in [-0.2, -0.15) is 0 Å². The summed E-state index contributed by atoms with van der Waals surface area (Å²) >= 11 is 0. The van der Waals surface area contributed by atoms with Gasteiger partial charge in [-0.05, 0) is 12.1 Å². The minimum absolute atomic E-state index is 0.0235. The minimum Gasteiger partial charge on any atom is -0.384 e. The molecule has 0 atom stereocenters. The van der Waals surface area contributed by atoms with E-state index in [0.29, 0.717) is 45.3 Å². The molecule has 0 aliphatic heterocycles. The maximum absolute atomic E-state index is 12.7. The minimum atomic E-state index is -2.12. The number of ether oxygens (including phenoxy) is 10. The molecule has 1 aromatic heterocycles. The first kappa shape index (κ1) is 31.3. The van der Waals surface area contributed by atoms with Crippen molar-refractivity contribution in [3.8, 4) is 0 Å². The van der Waals surface area contributed by atoms with Crippen LogP contribution in [0.25, 0.3) is 0 Å². The highest BCUT2D eigenvalue weighted by Crippen LogP contribution is 2.19. The van der Waals surface area contributed by atoms with Gasteiger partial charge in [0.15, 0.2) is 0 Å². The van der Waals surface area contributed by atoms with E-state index in [0.717, 1.165) is 0 Å². The molecule has 0 fully saturated rings. The summed E-state index contributed by atoms with van der Waals surface area (Å²) in [6, 6.07) is 5.24. The van der Waals surface area contributed by atoms with Crippen molar-refractivity contribution in [2.75, 3.05) is 101 Å². The number of hydrogen-bond acceptors (Lipinski definition) is 12. The predicted octanol–water partition coefficient (Wildman–Crippen LogP) is 0.817. The molecule has 0 bridgehead atoms. The van der Waals surface area contributed by atoms with Crippen molar-refractivity contribution in [2.45, 2.75) is 12.6 Å². The number of rotatable bonds is 24. The van der Waals surface area contributed by atoms with Gasteiger partial charge in [0.2, 0.25) is 0 Å². The van der Waals surface area contributed by atoms with Crippen LogP contribution in [-0.2, 0) is 58.6 Å². The molecule has 0 aliphatic rings. The molecular weight excluding hydrogens is 466 g/mol. The van der Waals surface area contributed by atoms with Crippen LogP contribution in [-0.4, -0.2) is 118 Å². The summed E-state index contributed by atoms with van der Waals surface area (Å²) in [4.78, 5) is 16.8. The number of carbonyl (C=O) groups excluding carboxylic acids is 1. The Bertz CT molecular complexity index is 580. The zero-order valence-electron chi connectivity index (χ0n) is 20.9. The third-order valence-electron chi connectivity index (χ3n) is 4.11. The highest BCUT2D eigenvalue weighted by Gasteiger charge is 2.40. The van der Waals surface area contributed by atoms with Crippen LogP contribution in [0.4, 0.5) is 0 Å². The maximum Gasteiger partial charge on any atom is 0.463 e. The van der Waals surface area contributed by atoms with Crippen molar-refractivity contribution in [3.63, 3.8) is 0 Å². The van der Waals surface area contributed by atoms with Crippen molar-refractivity contribution < 1.29 is 52.2 Å². The van der Waals surface area contributed by atoms with Crippen LogP contribution >= 0.6 is 0 Å². The summed E-state index contributed by atoms with van der Waals surface area (Å²) < 4.78 is 53.9. The summed E-state index contributed by atoms with van der Waals surface area (Å²) in [5.41, 5.74) is 0.528. The Morgan fingerprint density at radius 2 is 1.14 bits per heavy atom. The van der Waals surface area contributed by atoms with Crippen LogP contribution in [0.1, 0.15) is 5.69 Å². The summed E-state index contributed by atoms with van der Waals surface area (Å²) in [7, 11) is 4.74. The number of aromatic nitrogens is 1. The first-order valence-electron chi connectivity index (χ1n) is 11.4. The third-order valence-corrected chi connectivity index (χ3v) is 4.11. The van der Waals surface area contributed by atoms with Crippen molar-refractivity contribution in [1.29, 1.82) is 0 Å². The highest BCUT2D eigenvalue weighted by atomic mass is 17.0. The maximum atomic E-state index is 12.7. The van der Waals surface area contributed by atoms with Crippen LogP contribution in [0.5, 0.6) is 0 Å². The lowest BCUT2D eigenvalue weighted by Crippen LogP contribution is -2.46. The largest absolute Gasteiger partial charge is 0.463 e.